The number of ether oxygens (including phenoxy) is 1. The van der Waals surface area contributed by atoms with E-state index in [1.807, 2.05) is 31.2 Å². The first-order valence-electron chi connectivity index (χ1n) is 11.4. The predicted octanol–water partition coefficient (Wildman–Crippen LogP) is 4.85. The Bertz CT molecular complexity index is 1450. The SMILES string of the molecule is COc1ccc(N2C(=O)c3cc(-c4ccco4)nn3C[C@]2(C)C(=O)NCc2cccc(C)c2)cc1Cl. The van der Waals surface area contributed by atoms with Crippen LogP contribution in [0.15, 0.2) is 71.3 Å². The van der Waals surface area contributed by atoms with Gasteiger partial charge in [-0.3, -0.25) is 19.2 Å². The number of aryl methyl sites for hydroxylation is 1. The van der Waals surface area contributed by atoms with Crippen molar-refractivity contribution in [1.29, 1.82) is 0 Å². The van der Waals surface area contributed by atoms with Gasteiger partial charge < -0.3 is 14.5 Å². The fraction of sp³-hybridized carbons (Fsp3) is 0.222. The van der Waals surface area contributed by atoms with Crippen molar-refractivity contribution in [1.82, 2.24) is 15.1 Å². The smallest absolute Gasteiger partial charge is 0.277 e. The van der Waals surface area contributed by atoms with E-state index in [9.17, 15) is 9.59 Å². The number of nitrogens with one attached hydrogen (secondary N) is 1. The second kappa shape index (κ2) is 9.20. The number of aromatic nitrogens is 2. The Morgan fingerprint density at radius 2 is 2.03 bits per heavy atom. The van der Waals surface area contributed by atoms with Gasteiger partial charge in [0, 0.05) is 18.3 Å². The number of carbonyl (C=O) groups excluding carboxylic acids is 2. The van der Waals surface area contributed by atoms with E-state index in [2.05, 4.69) is 10.4 Å². The number of rotatable bonds is 6. The van der Waals surface area contributed by atoms with Gasteiger partial charge in [0.1, 0.15) is 22.7 Å². The highest BCUT2D eigenvalue weighted by atomic mass is 35.5. The van der Waals surface area contributed by atoms with Crippen molar-refractivity contribution in [3.05, 3.63) is 88.8 Å². The average Bonchev–Trinajstić information content (AvgIpc) is 3.53. The number of carbonyl (C=O) groups is 2. The summed E-state index contributed by atoms with van der Waals surface area (Å²) in [5.74, 6) is 0.320. The van der Waals surface area contributed by atoms with E-state index in [-0.39, 0.29) is 18.4 Å². The van der Waals surface area contributed by atoms with Crippen LogP contribution in [-0.2, 0) is 17.9 Å². The molecule has 184 valence electrons. The number of furan rings is 1. The largest absolute Gasteiger partial charge is 0.495 e. The number of hydrogen-bond donors (Lipinski definition) is 1. The lowest BCUT2D eigenvalue weighted by Crippen LogP contribution is -2.64. The maximum Gasteiger partial charge on any atom is 0.277 e. The summed E-state index contributed by atoms with van der Waals surface area (Å²) in [7, 11) is 1.52. The zero-order chi connectivity index (χ0) is 25.4. The second-order valence-corrected chi connectivity index (χ2v) is 9.36. The number of hydrogen-bond acceptors (Lipinski definition) is 5. The quantitative estimate of drug-likeness (QED) is 0.405. The van der Waals surface area contributed by atoms with Gasteiger partial charge in [-0.1, -0.05) is 41.4 Å². The van der Waals surface area contributed by atoms with Gasteiger partial charge in [-0.15, -0.1) is 0 Å². The lowest BCUT2D eigenvalue weighted by Gasteiger charge is -2.43. The molecule has 5 rings (SSSR count). The number of halogens is 1. The van der Waals surface area contributed by atoms with E-state index in [4.69, 9.17) is 20.8 Å². The first-order chi connectivity index (χ1) is 17.3. The summed E-state index contributed by atoms with van der Waals surface area (Å²) in [6.07, 6.45) is 1.55. The van der Waals surface area contributed by atoms with Gasteiger partial charge in [0.25, 0.3) is 5.91 Å². The summed E-state index contributed by atoms with van der Waals surface area (Å²) >= 11 is 6.40. The molecule has 9 heteroatoms. The van der Waals surface area contributed by atoms with Crippen molar-refractivity contribution in [2.24, 2.45) is 0 Å². The van der Waals surface area contributed by atoms with Gasteiger partial charge in [-0.25, -0.2) is 0 Å². The van der Waals surface area contributed by atoms with Crippen LogP contribution in [0.3, 0.4) is 0 Å². The van der Waals surface area contributed by atoms with E-state index in [1.165, 1.54) is 12.0 Å². The molecule has 0 spiro atoms. The van der Waals surface area contributed by atoms with Crippen molar-refractivity contribution >= 4 is 29.1 Å². The summed E-state index contributed by atoms with van der Waals surface area (Å²) in [5.41, 5.74) is 2.11. The van der Waals surface area contributed by atoms with Gasteiger partial charge in [-0.2, -0.15) is 5.10 Å². The van der Waals surface area contributed by atoms with E-state index in [1.54, 1.807) is 54.3 Å². The first kappa shape index (κ1) is 23.7. The summed E-state index contributed by atoms with van der Waals surface area (Å²) in [6.45, 7) is 4.19. The summed E-state index contributed by atoms with van der Waals surface area (Å²) < 4.78 is 12.3. The second-order valence-electron chi connectivity index (χ2n) is 8.95. The Morgan fingerprint density at radius 1 is 1.19 bits per heavy atom. The molecule has 0 bridgehead atoms. The third-order valence-electron chi connectivity index (χ3n) is 6.35. The average molecular weight is 505 g/mol. The predicted molar refractivity (Wildman–Crippen MR) is 136 cm³/mol. The van der Waals surface area contributed by atoms with Crippen LogP contribution in [0, 0.1) is 6.92 Å². The minimum atomic E-state index is -1.29. The molecule has 0 unspecified atom stereocenters. The highest BCUT2D eigenvalue weighted by molar-refractivity contribution is 6.32. The minimum absolute atomic E-state index is 0.137. The monoisotopic (exact) mass is 504 g/mol. The lowest BCUT2D eigenvalue weighted by atomic mass is 9.93. The zero-order valence-corrected chi connectivity index (χ0v) is 20.9. The van der Waals surface area contributed by atoms with Gasteiger partial charge in [-0.05, 0) is 49.7 Å². The number of fused-ring (bicyclic) bond motifs is 1. The van der Waals surface area contributed by atoms with Crippen LogP contribution in [-0.4, -0.2) is 34.2 Å². The Labute approximate surface area is 213 Å². The number of amides is 2. The molecule has 2 aromatic heterocycles. The van der Waals surface area contributed by atoms with Gasteiger partial charge in [0.2, 0.25) is 5.91 Å². The van der Waals surface area contributed by atoms with Crippen LogP contribution in [0.4, 0.5) is 5.69 Å². The van der Waals surface area contributed by atoms with Crippen LogP contribution in [0.2, 0.25) is 5.02 Å². The molecule has 1 aliphatic rings. The summed E-state index contributed by atoms with van der Waals surface area (Å²) in [5, 5.41) is 7.92. The molecule has 1 N–H and O–H groups in total. The van der Waals surface area contributed by atoms with Gasteiger partial charge in [0.15, 0.2) is 5.76 Å². The van der Waals surface area contributed by atoms with E-state index in [0.717, 1.165) is 11.1 Å². The van der Waals surface area contributed by atoms with Gasteiger partial charge >= 0.3 is 0 Å². The Hall–Kier alpha value is -4.04. The molecule has 2 aromatic carbocycles. The van der Waals surface area contributed by atoms with Crippen molar-refractivity contribution < 1.29 is 18.7 Å². The van der Waals surface area contributed by atoms with Gasteiger partial charge in [0.05, 0.1) is 24.9 Å². The molecule has 36 heavy (non-hydrogen) atoms. The summed E-state index contributed by atoms with van der Waals surface area (Å²) in [6, 6.07) is 18.1. The molecule has 0 saturated carbocycles. The highest BCUT2D eigenvalue weighted by Crippen LogP contribution is 2.37. The zero-order valence-electron chi connectivity index (χ0n) is 20.1. The van der Waals surface area contributed by atoms with E-state index < -0.39 is 5.54 Å². The van der Waals surface area contributed by atoms with Crippen LogP contribution in [0.5, 0.6) is 5.75 Å². The minimum Gasteiger partial charge on any atom is -0.495 e. The van der Waals surface area contributed by atoms with Crippen LogP contribution >= 0.6 is 11.6 Å². The number of anilines is 1. The van der Waals surface area contributed by atoms with E-state index >= 15 is 0 Å². The third kappa shape index (κ3) is 4.13. The molecule has 4 aromatic rings. The molecular formula is C27H25ClN4O4. The van der Waals surface area contributed by atoms with Crippen molar-refractivity contribution in [3.63, 3.8) is 0 Å². The molecule has 1 atom stereocenters. The molecule has 8 nitrogen and oxygen atoms in total. The normalized spacial score (nSPS) is 17.1. The lowest BCUT2D eigenvalue weighted by molar-refractivity contribution is -0.126. The number of methoxy groups -OCH3 is 1. The highest BCUT2D eigenvalue weighted by Gasteiger charge is 2.49. The summed E-state index contributed by atoms with van der Waals surface area (Å²) in [4.78, 5) is 29.1. The standard InChI is InChI=1S/C27H25ClN4O4/c1-17-6-4-7-18(12-17)15-29-26(34)27(2)16-31-22(14-21(30-31)24-8-5-11-36-24)25(33)32(27)19-9-10-23(35-3)20(28)13-19/h4-14H,15-16H2,1-3H3,(H,29,34)/t27-/m1/s1. The molecule has 1 aliphatic heterocycles. The maximum absolute atomic E-state index is 13.9. The molecule has 0 aliphatic carbocycles. The molecule has 0 saturated heterocycles. The Morgan fingerprint density at radius 3 is 2.72 bits per heavy atom. The number of nitrogens with zero attached hydrogens (tertiary/aromatic N) is 3. The van der Waals surface area contributed by atoms with Crippen LogP contribution in [0.1, 0.15) is 28.5 Å². The van der Waals surface area contributed by atoms with E-state index in [0.29, 0.717) is 40.2 Å². The Kier molecular flexibility index (Phi) is 6.05. The fourth-order valence-corrected chi connectivity index (χ4v) is 4.77. The molecular weight excluding hydrogens is 480 g/mol. The van der Waals surface area contributed by atoms with Crippen LogP contribution in [0.25, 0.3) is 11.5 Å². The topological polar surface area (TPSA) is 89.6 Å². The molecule has 0 fully saturated rings. The number of benzene rings is 2. The van der Waals surface area contributed by atoms with Crippen molar-refractivity contribution in [3.8, 4) is 17.2 Å². The fourth-order valence-electron chi connectivity index (χ4n) is 4.52. The first-order valence-corrected chi connectivity index (χ1v) is 11.8. The Balaban J connectivity index is 1.55. The van der Waals surface area contributed by atoms with Crippen LogP contribution < -0.4 is 15.0 Å². The van der Waals surface area contributed by atoms with Crippen molar-refractivity contribution in [2.45, 2.75) is 32.5 Å². The molecule has 2 amide bonds. The van der Waals surface area contributed by atoms with Crippen molar-refractivity contribution in [2.75, 3.05) is 12.0 Å². The molecule has 0 radical (unpaired) electrons. The maximum atomic E-state index is 13.9. The third-order valence-corrected chi connectivity index (χ3v) is 6.64. The molecule has 3 heterocycles.